The van der Waals surface area contributed by atoms with Gasteiger partial charge >= 0.3 is 0 Å². The Bertz CT molecular complexity index is 502. The first kappa shape index (κ1) is 19.0. The van der Waals surface area contributed by atoms with E-state index in [1.165, 1.54) is 12.8 Å². The Labute approximate surface area is 145 Å². The maximum Gasteiger partial charge on any atom is 0.161 e. The predicted octanol–water partition coefficient (Wildman–Crippen LogP) is 2.70. The van der Waals surface area contributed by atoms with E-state index in [0.29, 0.717) is 31.7 Å². The molecule has 0 saturated heterocycles. The molecular weight excluding hydrogens is 306 g/mol. The summed E-state index contributed by atoms with van der Waals surface area (Å²) in [5, 5.41) is 10.3. The summed E-state index contributed by atoms with van der Waals surface area (Å²) in [5.74, 6) is 1.97. The van der Waals surface area contributed by atoms with Crippen LogP contribution in [-0.2, 0) is 11.3 Å². The second kappa shape index (κ2) is 9.25. The van der Waals surface area contributed by atoms with Crippen molar-refractivity contribution in [1.29, 1.82) is 0 Å². The SMILES string of the molecule is COc1ccc(CN(C[C@H](O)COCC(C)C)C2CC2)cc1OC. The van der Waals surface area contributed by atoms with Crippen LogP contribution in [0.1, 0.15) is 32.3 Å². The van der Waals surface area contributed by atoms with Gasteiger partial charge in [-0.2, -0.15) is 0 Å². The molecule has 0 amide bonds. The second-order valence-corrected chi connectivity index (χ2v) is 6.94. The average molecular weight is 337 g/mol. The molecule has 2 rings (SSSR count). The molecule has 1 fully saturated rings. The molecule has 136 valence electrons. The Balaban J connectivity index is 1.91. The third-order valence-electron chi connectivity index (χ3n) is 4.10. The van der Waals surface area contributed by atoms with Crippen LogP contribution in [0, 0.1) is 5.92 Å². The molecule has 5 nitrogen and oxygen atoms in total. The van der Waals surface area contributed by atoms with E-state index >= 15 is 0 Å². The first-order valence-electron chi connectivity index (χ1n) is 8.74. The van der Waals surface area contributed by atoms with Gasteiger partial charge in [0.05, 0.1) is 26.9 Å². The van der Waals surface area contributed by atoms with Crippen LogP contribution >= 0.6 is 0 Å². The van der Waals surface area contributed by atoms with Crippen LogP contribution in [0.25, 0.3) is 0 Å². The minimum atomic E-state index is -0.454. The molecule has 0 aromatic heterocycles. The van der Waals surface area contributed by atoms with Crippen LogP contribution < -0.4 is 9.47 Å². The predicted molar refractivity (Wildman–Crippen MR) is 94.6 cm³/mol. The third kappa shape index (κ3) is 5.96. The number of aliphatic hydroxyl groups is 1. The lowest BCUT2D eigenvalue weighted by Crippen LogP contribution is -2.36. The van der Waals surface area contributed by atoms with E-state index in [1.54, 1.807) is 14.2 Å². The number of ether oxygens (including phenoxy) is 3. The molecule has 5 heteroatoms. The van der Waals surface area contributed by atoms with Crippen molar-refractivity contribution in [3.05, 3.63) is 23.8 Å². The van der Waals surface area contributed by atoms with Gasteiger partial charge in [0, 0.05) is 25.7 Å². The topological polar surface area (TPSA) is 51.2 Å². The molecule has 0 radical (unpaired) electrons. The van der Waals surface area contributed by atoms with Crippen LogP contribution in [0.15, 0.2) is 18.2 Å². The Kier molecular flexibility index (Phi) is 7.34. The van der Waals surface area contributed by atoms with E-state index in [1.807, 2.05) is 12.1 Å². The minimum Gasteiger partial charge on any atom is -0.493 e. The maximum atomic E-state index is 10.3. The van der Waals surface area contributed by atoms with Gasteiger partial charge in [-0.15, -0.1) is 0 Å². The quantitative estimate of drug-likeness (QED) is 0.673. The van der Waals surface area contributed by atoms with E-state index in [0.717, 1.165) is 23.6 Å². The van der Waals surface area contributed by atoms with Gasteiger partial charge in [-0.3, -0.25) is 4.90 Å². The zero-order chi connectivity index (χ0) is 17.5. The Morgan fingerprint density at radius 1 is 1.12 bits per heavy atom. The van der Waals surface area contributed by atoms with Gasteiger partial charge in [0.25, 0.3) is 0 Å². The number of aliphatic hydroxyl groups excluding tert-OH is 1. The molecule has 1 atom stereocenters. The highest BCUT2D eigenvalue weighted by Gasteiger charge is 2.30. The molecule has 0 spiro atoms. The molecule has 1 aliphatic rings. The smallest absolute Gasteiger partial charge is 0.161 e. The fourth-order valence-corrected chi connectivity index (χ4v) is 2.76. The van der Waals surface area contributed by atoms with Crippen molar-refractivity contribution in [2.75, 3.05) is 34.0 Å². The Morgan fingerprint density at radius 2 is 1.83 bits per heavy atom. The summed E-state index contributed by atoms with van der Waals surface area (Å²) in [4.78, 5) is 2.34. The lowest BCUT2D eigenvalue weighted by Gasteiger charge is -2.25. The van der Waals surface area contributed by atoms with Crippen molar-refractivity contribution >= 4 is 0 Å². The van der Waals surface area contributed by atoms with E-state index in [-0.39, 0.29) is 0 Å². The number of methoxy groups -OCH3 is 2. The largest absolute Gasteiger partial charge is 0.493 e. The molecular formula is C19H31NO4. The number of nitrogens with zero attached hydrogens (tertiary/aromatic N) is 1. The molecule has 1 saturated carbocycles. The highest BCUT2D eigenvalue weighted by Crippen LogP contribution is 2.31. The molecule has 24 heavy (non-hydrogen) atoms. The van der Waals surface area contributed by atoms with Gasteiger partial charge in [-0.25, -0.2) is 0 Å². The van der Waals surface area contributed by atoms with Crippen LogP contribution in [0.3, 0.4) is 0 Å². The normalized spacial score (nSPS) is 15.8. The number of hydrogen-bond acceptors (Lipinski definition) is 5. The maximum absolute atomic E-state index is 10.3. The fraction of sp³-hybridized carbons (Fsp3) is 0.684. The molecule has 0 heterocycles. The average Bonchev–Trinajstić information content (AvgIpc) is 3.38. The first-order valence-corrected chi connectivity index (χ1v) is 8.74. The van der Waals surface area contributed by atoms with Crippen LogP contribution in [0.4, 0.5) is 0 Å². The minimum absolute atomic E-state index is 0.396. The van der Waals surface area contributed by atoms with Crippen molar-refractivity contribution in [3.63, 3.8) is 0 Å². The lowest BCUT2D eigenvalue weighted by atomic mass is 10.1. The molecule has 1 aromatic carbocycles. The monoisotopic (exact) mass is 337 g/mol. The van der Waals surface area contributed by atoms with Gasteiger partial charge in [0.2, 0.25) is 0 Å². The fourth-order valence-electron chi connectivity index (χ4n) is 2.76. The highest BCUT2D eigenvalue weighted by atomic mass is 16.5. The van der Waals surface area contributed by atoms with Crippen LogP contribution in [-0.4, -0.2) is 56.1 Å². The molecule has 1 aromatic rings. The van der Waals surface area contributed by atoms with Crippen molar-refractivity contribution < 1.29 is 19.3 Å². The van der Waals surface area contributed by atoms with Gasteiger partial charge in [0.1, 0.15) is 0 Å². The Morgan fingerprint density at radius 3 is 2.42 bits per heavy atom. The number of rotatable bonds is 11. The highest BCUT2D eigenvalue weighted by molar-refractivity contribution is 5.42. The van der Waals surface area contributed by atoms with E-state index in [9.17, 15) is 5.11 Å². The summed E-state index contributed by atoms with van der Waals surface area (Å²) in [6.07, 6.45) is 1.95. The second-order valence-electron chi connectivity index (χ2n) is 6.94. The Hall–Kier alpha value is -1.30. The summed E-state index contributed by atoms with van der Waals surface area (Å²) in [6.45, 7) is 6.74. The van der Waals surface area contributed by atoms with E-state index in [4.69, 9.17) is 14.2 Å². The summed E-state index contributed by atoms with van der Waals surface area (Å²) >= 11 is 0. The van der Waals surface area contributed by atoms with Crippen molar-refractivity contribution in [1.82, 2.24) is 4.90 Å². The van der Waals surface area contributed by atoms with Gasteiger partial charge in [0.15, 0.2) is 11.5 Å². The molecule has 0 unspecified atom stereocenters. The van der Waals surface area contributed by atoms with Crippen LogP contribution in [0.5, 0.6) is 11.5 Å². The summed E-state index contributed by atoms with van der Waals surface area (Å²) in [7, 11) is 3.29. The van der Waals surface area contributed by atoms with Gasteiger partial charge < -0.3 is 19.3 Å². The summed E-state index contributed by atoms with van der Waals surface area (Å²) in [6, 6.07) is 6.56. The van der Waals surface area contributed by atoms with Crippen molar-refractivity contribution in [2.45, 2.75) is 45.4 Å². The van der Waals surface area contributed by atoms with Gasteiger partial charge in [-0.05, 0) is 36.5 Å². The van der Waals surface area contributed by atoms with E-state index < -0.39 is 6.10 Å². The lowest BCUT2D eigenvalue weighted by molar-refractivity contribution is 0.00547. The van der Waals surface area contributed by atoms with Crippen LogP contribution in [0.2, 0.25) is 0 Å². The zero-order valence-corrected chi connectivity index (χ0v) is 15.3. The first-order chi connectivity index (χ1) is 11.5. The third-order valence-corrected chi connectivity index (χ3v) is 4.10. The van der Waals surface area contributed by atoms with E-state index in [2.05, 4.69) is 24.8 Å². The van der Waals surface area contributed by atoms with Gasteiger partial charge in [-0.1, -0.05) is 19.9 Å². The van der Waals surface area contributed by atoms with Crippen molar-refractivity contribution in [3.8, 4) is 11.5 Å². The molecule has 1 aliphatic carbocycles. The number of benzene rings is 1. The molecule has 0 aliphatic heterocycles. The standard InChI is InChI=1S/C19H31NO4/c1-14(2)12-24-13-17(21)11-20(16-6-7-16)10-15-5-8-18(22-3)19(9-15)23-4/h5,8-9,14,16-17,21H,6-7,10-13H2,1-4H3/t17-/m0/s1. The molecule has 0 bridgehead atoms. The summed E-state index contributed by atoms with van der Waals surface area (Å²) < 4.78 is 16.2. The van der Waals surface area contributed by atoms with Crippen molar-refractivity contribution in [2.24, 2.45) is 5.92 Å². The number of hydrogen-bond donors (Lipinski definition) is 1. The zero-order valence-electron chi connectivity index (χ0n) is 15.3. The molecule has 1 N–H and O–H groups in total. The summed E-state index contributed by atoms with van der Waals surface area (Å²) in [5.41, 5.74) is 1.16.